The Balaban J connectivity index is 1.39. The van der Waals surface area contributed by atoms with Gasteiger partial charge in [-0.2, -0.15) is 0 Å². The molecular formula is C27H27N5O2. The van der Waals surface area contributed by atoms with Crippen LogP contribution in [0.4, 0.5) is 5.82 Å². The van der Waals surface area contributed by atoms with Crippen molar-refractivity contribution >= 4 is 22.9 Å². The van der Waals surface area contributed by atoms with E-state index in [4.69, 9.17) is 0 Å². The lowest BCUT2D eigenvalue weighted by Crippen LogP contribution is -2.50. The summed E-state index contributed by atoms with van der Waals surface area (Å²) in [6.07, 6.45) is 2.63. The fraction of sp³-hybridized carbons (Fsp3) is 0.259. The topological polar surface area (TPSA) is 71.3 Å². The maximum absolute atomic E-state index is 13.5. The van der Waals surface area contributed by atoms with Gasteiger partial charge < -0.3 is 9.80 Å². The number of carbonyl (C=O) groups excluding carboxylic acids is 1. The van der Waals surface area contributed by atoms with Crippen LogP contribution in [0.1, 0.15) is 28.4 Å². The smallest absolute Gasteiger partial charge is 0.295 e. The van der Waals surface area contributed by atoms with Crippen molar-refractivity contribution in [2.24, 2.45) is 0 Å². The van der Waals surface area contributed by atoms with Crippen LogP contribution in [0.25, 0.3) is 11.2 Å². The minimum Gasteiger partial charge on any atom is -0.348 e. The van der Waals surface area contributed by atoms with Gasteiger partial charge in [0.05, 0.1) is 6.54 Å². The van der Waals surface area contributed by atoms with Gasteiger partial charge in [0.25, 0.3) is 11.5 Å². The molecule has 1 fully saturated rings. The van der Waals surface area contributed by atoms with E-state index in [0.717, 1.165) is 12.0 Å². The number of fused-ring (bicyclic) bond motifs is 1. The lowest BCUT2D eigenvalue weighted by molar-refractivity contribution is 0.0746. The van der Waals surface area contributed by atoms with E-state index in [1.54, 1.807) is 10.8 Å². The number of nitrogens with zero attached hydrogens (tertiary/aromatic N) is 5. The quantitative estimate of drug-likeness (QED) is 0.463. The highest BCUT2D eigenvalue weighted by molar-refractivity contribution is 5.94. The van der Waals surface area contributed by atoms with E-state index in [1.807, 2.05) is 76.5 Å². The molecule has 2 aromatic carbocycles. The first-order chi connectivity index (χ1) is 16.6. The van der Waals surface area contributed by atoms with Crippen molar-refractivity contribution in [1.82, 2.24) is 19.4 Å². The maximum Gasteiger partial charge on any atom is 0.295 e. The molecule has 0 aliphatic carbocycles. The molecule has 7 nitrogen and oxygen atoms in total. The summed E-state index contributed by atoms with van der Waals surface area (Å²) in [6.45, 7) is 4.71. The number of pyridine rings is 1. The largest absolute Gasteiger partial charge is 0.348 e. The summed E-state index contributed by atoms with van der Waals surface area (Å²) in [5.41, 5.74) is 4.03. The first-order valence-corrected chi connectivity index (χ1v) is 11.7. The molecule has 0 bridgehead atoms. The van der Waals surface area contributed by atoms with Gasteiger partial charge in [-0.25, -0.2) is 9.97 Å². The standard InChI is InChI=1S/C27H27N5O2/c1-2-20-10-12-22(13-11-20)26(33)31-17-15-30(16-18-31)25-27(34)32(19-21-7-4-3-5-8-21)24-23(29-25)9-6-14-28-24/h3-14H,2,15-19H2,1H3. The van der Waals surface area contributed by atoms with E-state index < -0.39 is 0 Å². The van der Waals surface area contributed by atoms with Gasteiger partial charge in [-0.15, -0.1) is 0 Å². The molecule has 5 rings (SSSR count). The van der Waals surface area contributed by atoms with E-state index in [9.17, 15) is 9.59 Å². The molecule has 1 saturated heterocycles. The molecule has 0 radical (unpaired) electrons. The average Bonchev–Trinajstić information content (AvgIpc) is 2.90. The van der Waals surface area contributed by atoms with Crippen LogP contribution >= 0.6 is 0 Å². The van der Waals surface area contributed by atoms with Crippen LogP contribution < -0.4 is 10.5 Å². The van der Waals surface area contributed by atoms with Crippen molar-refractivity contribution < 1.29 is 4.79 Å². The first-order valence-electron chi connectivity index (χ1n) is 11.7. The number of anilines is 1. The van der Waals surface area contributed by atoms with Gasteiger partial charge in [0.15, 0.2) is 11.5 Å². The Morgan fingerprint density at radius 2 is 1.62 bits per heavy atom. The predicted molar refractivity (Wildman–Crippen MR) is 133 cm³/mol. The third kappa shape index (κ3) is 4.29. The Hall–Kier alpha value is -4.00. The summed E-state index contributed by atoms with van der Waals surface area (Å²) in [6, 6.07) is 21.4. The third-order valence-corrected chi connectivity index (χ3v) is 6.34. The SMILES string of the molecule is CCc1ccc(C(=O)N2CCN(c3nc4cccnc4n(Cc4ccccc4)c3=O)CC2)cc1. The van der Waals surface area contributed by atoms with Gasteiger partial charge >= 0.3 is 0 Å². The highest BCUT2D eigenvalue weighted by Crippen LogP contribution is 2.17. The van der Waals surface area contributed by atoms with Gasteiger partial charge in [-0.3, -0.25) is 14.2 Å². The van der Waals surface area contributed by atoms with Crippen LogP contribution in [0, 0.1) is 0 Å². The summed E-state index contributed by atoms with van der Waals surface area (Å²) in [5, 5.41) is 0. The molecule has 0 unspecified atom stereocenters. The average molecular weight is 454 g/mol. The fourth-order valence-electron chi connectivity index (χ4n) is 4.37. The summed E-state index contributed by atoms with van der Waals surface area (Å²) in [4.78, 5) is 39.4. The number of aromatic nitrogens is 3. The van der Waals surface area contributed by atoms with Gasteiger partial charge in [0.1, 0.15) is 5.52 Å². The third-order valence-electron chi connectivity index (χ3n) is 6.34. The highest BCUT2D eigenvalue weighted by atomic mass is 16.2. The number of benzene rings is 2. The normalized spacial score (nSPS) is 13.9. The Morgan fingerprint density at radius 3 is 2.32 bits per heavy atom. The van der Waals surface area contributed by atoms with Crippen LogP contribution in [-0.2, 0) is 13.0 Å². The Bertz CT molecular complexity index is 1360. The Kier molecular flexibility index (Phi) is 6.08. The molecule has 0 N–H and O–H groups in total. The first kappa shape index (κ1) is 21.8. The minimum absolute atomic E-state index is 0.0273. The van der Waals surface area contributed by atoms with Crippen molar-refractivity contribution in [1.29, 1.82) is 0 Å². The molecule has 3 heterocycles. The van der Waals surface area contributed by atoms with Crippen LogP contribution in [0.2, 0.25) is 0 Å². The molecular weight excluding hydrogens is 426 g/mol. The molecule has 0 spiro atoms. The molecule has 1 amide bonds. The molecule has 0 saturated carbocycles. The number of amides is 1. The van der Waals surface area contributed by atoms with Crippen LogP contribution in [0.5, 0.6) is 0 Å². The van der Waals surface area contributed by atoms with E-state index in [2.05, 4.69) is 16.9 Å². The van der Waals surface area contributed by atoms with E-state index in [1.165, 1.54) is 5.56 Å². The zero-order chi connectivity index (χ0) is 23.5. The summed E-state index contributed by atoms with van der Waals surface area (Å²) < 4.78 is 1.69. The molecule has 2 aromatic heterocycles. The van der Waals surface area contributed by atoms with Crippen molar-refractivity contribution in [3.8, 4) is 0 Å². The van der Waals surface area contributed by atoms with E-state index in [0.29, 0.717) is 55.3 Å². The second kappa shape index (κ2) is 9.47. The molecule has 1 aliphatic rings. The number of rotatable bonds is 5. The number of carbonyl (C=O) groups is 1. The summed E-state index contributed by atoms with van der Waals surface area (Å²) in [5.74, 6) is 0.440. The Labute approximate surface area is 198 Å². The highest BCUT2D eigenvalue weighted by Gasteiger charge is 2.25. The van der Waals surface area contributed by atoms with Gasteiger partial charge in [-0.1, -0.05) is 49.4 Å². The number of aryl methyl sites for hydroxylation is 1. The van der Waals surface area contributed by atoms with E-state index >= 15 is 0 Å². The van der Waals surface area contributed by atoms with E-state index in [-0.39, 0.29) is 11.5 Å². The minimum atomic E-state index is -0.162. The zero-order valence-corrected chi connectivity index (χ0v) is 19.2. The Morgan fingerprint density at radius 1 is 0.882 bits per heavy atom. The van der Waals surface area contributed by atoms with Crippen LogP contribution in [0.15, 0.2) is 77.7 Å². The zero-order valence-electron chi connectivity index (χ0n) is 19.2. The molecule has 172 valence electrons. The van der Waals surface area contributed by atoms with Gasteiger partial charge in [-0.05, 0) is 41.8 Å². The molecule has 4 aromatic rings. The summed E-state index contributed by atoms with van der Waals surface area (Å²) in [7, 11) is 0. The van der Waals surface area contributed by atoms with Crippen molar-refractivity contribution in [2.75, 3.05) is 31.1 Å². The molecule has 34 heavy (non-hydrogen) atoms. The van der Waals surface area contributed by atoms with Crippen molar-refractivity contribution in [2.45, 2.75) is 19.9 Å². The number of piperazine rings is 1. The van der Waals surface area contributed by atoms with Gasteiger partial charge in [0, 0.05) is 37.9 Å². The maximum atomic E-state index is 13.5. The van der Waals surface area contributed by atoms with Crippen LogP contribution in [0.3, 0.4) is 0 Å². The lowest BCUT2D eigenvalue weighted by Gasteiger charge is -2.35. The second-order valence-corrected chi connectivity index (χ2v) is 8.49. The van der Waals surface area contributed by atoms with Crippen LogP contribution in [-0.4, -0.2) is 51.5 Å². The molecule has 1 aliphatic heterocycles. The number of hydrogen-bond donors (Lipinski definition) is 0. The number of hydrogen-bond acceptors (Lipinski definition) is 5. The lowest BCUT2D eigenvalue weighted by atomic mass is 10.1. The van der Waals surface area contributed by atoms with Crippen molar-refractivity contribution in [3.05, 3.63) is 100.0 Å². The fourth-order valence-corrected chi connectivity index (χ4v) is 4.37. The predicted octanol–water partition coefficient (Wildman–Crippen LogP) is 3.36. The monoisotopic (exact) mass is 453 g/mol. The van der Waals surface area contributed by atoms with Crippen molar-refractivity contribution in [3.63, 3.8) is 0 Å². The second-order valence-electron chi connectivity index (χ2n) is 8.49. The van der Waals surface area contributed by atoms with Gasteiger partial charge in [0.2, 0.25) is 0 Å². The molecule has 7 heteroatoms. The summed E-state index contributed by atoms with van der Waals surface area (Å²) >= 11 is 0. The molecule has 0 atom stereocenters.